The highest BCUT2D eigenvalue weighted by atomic mass is 16.1. The Morgan fingerprint density at radius 3 is 2.62 bits per heavy atom. The van der Waals surface area contributed by atoms with E-state index in [4.69, 9.17) is 0 Å². The third-order valence-electron chi connectivity index (χ3n) is 5.30. The minimum atomic E-state index is 0.237. The fourth-order valence-corrected chi connectivity index (χ4v) is 3.96. The van der Waals surface area contributed by atoms with Crippen LogP contribution in [0.25, 0.3) is 10.9 Å². The van der Waals surface area contributed by atoms with Crippen molar-refractivity contribution in [1.29, 1.82) is 0 Å². The highest BCUT2D eigenvalue weighted by Gasteiger charge is 2.14. The lowest BCUT2D eigenvalue weighted by molar-refractivity contribution is -0.122. The molecule has 1 N–H and O–H groups in total. The van der Waals surface area contributed by atoms with Crippen LogP contribution in [-0.4, -0.2) is 16.5 Å². The van der Waals surface area contributed by atoms with Gasteiger partial charge < -0.3 is 9.88 Å². The summed E-state index contributed by atoms with van der Waals surface area (Å²) in [6.45, 7) is 0. The molecule has 0 atom stereocenters. The summed E-state index contributed by atoms with van der Waals surface area (Å²) in [6, 6.07) is 8.91. The number of amides is 1. The molecular formula is C21H30N2O. The first-order valence-corrected chi connectivity index (χ1v) is 9.56. The van der Waals surface area contributed by atoms with Gasteiger partial charge in [0, 0.05) is 36.6 Å². The molecule has 3 nitrogen and oxygen atoms in total. The zero-order valence-electron chi connectivity index (χ0n) is 14.9. The van der Waals surface area contributed by atoms with E-state index in [1.807, 2.05) is 0 Å². The fraction of sp³-hybridized carbons (Fsp3) is 0.571. The Bertz CT molecular complexity index is 666. The minimum Gasteiger partial charge on any atom is -0.353 e. The second-order valence-electron chi connectivity index (χ2n) is 7.25. The molecule has 3 rings (SSSR count). The lowest BCUT2D eigenvalue weighted by atomic mass is 9.96. The largest absolute Gasteiger partial charge is 0.353 e. The Kier molecular flexibility index (Phi) is 5.95. The van der Waals surface area contributed by atoms with Gasteiger partial charge in [-0.2, -0.15) is 0 Å². The van der Waals surface area contributed by atoms with E-state index < -0.39 is 0 Å². The number of nitrogens with zero attached hydrogens (tertiary/aromatic N) is 1. The summed E-state index contributed by atoms with van der Waals surface area (Å²) in [5.74, 6) is 0.237. The van der Waals surface area contributed by atoms with Gasteiger partial charge in [-0.3, -0.25) is 4.79 Å². The number of carbonyl (C=O) groups is 1. The summed E-state index contributed by atoms with van der Waals surface area (Å²) >= 11 is 0. The van der Waals surface area contributed by atoms with Crippen molar-refractivity contribution in [2.45, 2.75) is 70.3 Å². The topological polar surface area (TPSA) is 34.0 Å². The molecule has 0 bridgehead atoms. The number of hydrogen-bond donors (Lipinski definition) is 1. The van der Waals surface area contributed by atoms with Gasteiger partial charge in [0.25, 0.3) is 0 Å². The van der Waals surface area contributed by atoms with Crippen molar-refractivity contribution in [2.24, 2.45) is 7.05 Å². The summed E-state index contributed by atoms with van der Waals surface area (Å²) in [5, 5.41) is 4.59. The lowest BCUT2D eigenvalue weighted by Crippen LogP contribution is -2.35. The highest BCUT2D eigenvalue weighted by molar-refractivity contribution is 5.84. The zero-order chi connectivity index (χ0) is 16.8. The Balaban J connectivity index is 1.47. The molecule has 1 amide bonds. The Morgan fingerprint density at radius 1 is 1.12 bits per heavy atom. The smallest absolute Gasteiger partial charge is 0.220 e. The van der Waals surface area contributed by atoms with Gasteiger partial charge in [0.05, 0.1) is 0 Å². The standard InChI is InChI=1S/C21H30N2O/c1-23-16-17(19-13-7-8-14-20(19)23)10-9-15-21(24)22-18-11-5-3-2-4-6-12-18/h7-8,13-14,16,18H,2-6,9-12,15H2,1H3,(H,22,24). The molecule has 1 heterocycles. The molecule has 0 saturated heterocycles. The van der Waals surface area contributed by atoms with Crippen molar-refractivity contribution >= 4 is 16.8 Å². The van der Waals surface area contributed by atoms with E-state index in [2.05, 4.69) is 47.4 Å². The van der Waals surface area contributed by atoms with Crippen molar-refractivity contribution in [2.75, 3.05) is 0 Å². The number of rotatable bonds is 5. The normalized spacial score (nSPS) is 16.7. The maximum atomic E-state index is 12.3. The quantitative estimate of drug-likeness (QED) is 0.847. The van der Waals surface area contributed by atoms with Crippen LogP contribution in [0.15, 0.2) is 30.5 Å². The predicted molar refractivity (Wildman–Crippen MR) is 100 cm³/mol. The molecule has 1 saturated carbocycles. The van der Waals surface area contributed by atoms with Crippen LogP contribution in [0.3, 0.4) is 0 Å². The molecule has 1 aliphatic rings. The molecule has 0 unspecified atom stereocenters. The summed E-state index contributed by atoms with van der Waals surface area (Å²) in [6.07, 6.45) is 13.6. The first-order chi connectivity index (χ1) is 11.7. The Morgan fingerprint density at radius 2 is 1.83 bits per heavy atom. The maximum absolute atomic E-state index is 12.3. The number of benzene rings is 1. The summed E-state index contributed by atoms with van der Waals surface area (Å²) in [5.41, 5.74) is 2.62. The van der Waals surface area contributed by atoms with Crippen LogP contribution in [0.4, 0.5) is 0 Å². The van der Waals surface area contributed by atoms with Gasteiger partial charge >= 0.3 is 0 Å². The van der Waals surface area contributed by atoms with Crippen LogP contribution in [0.2, 0.25) is 0 Å². The Labute approximate surface area is 145 Å². The Hall–Kier alpha value is -1.77. The van der Waals surface area contributed by atoms with E-state index in [0.29, 0.717) is 12.5 Å². The number of nitrogens with one attached hydrogen (secondary N) is 1. The highest BCUT2D eigenvalue weighted by Crippen LogP contribution is 2.22. The second kappa shape index (κ2) is 8.36. The van der Waals surface area contributed by atoms with Crippen LogP contribution in [0, 0.1) is 0 Å². The van der Waals surface area contributed by atoms with E-state index in [0.717, 1.165) is 25.7 Å². The van der Waals surface area contributed by atoms with E-state index in [9.17, 15) is 4.79 Å². The molecule has 2 aromatic rings. The summed E-state index contributed by atoms with van der Waals surface area (Å²) in [4.78, 5) is 12.3. The molecule has 1 aromatic carbocycles. The van der Waals surface area contributed by atoms with Gasteiger partial charge in [-0.1, -0.05) is 50.3 Å². The van der Waals surface area contributed by atoms with Crippen molar-refractivity contribution in [1.82, 2.24) is 9.88 Å². The van der Waals surface area contributed by atoms with Crippen LogP contribution in [0.1, 0.15) is 63.4 Å². The van der Waals surface area contributed by atoms with E-state index in [-0.39, 0.29) is 5.91 Å². The van der Waals surface area contributed by atoms with Gasteiger partial charge in [0.1, 0.15) is 0 Å². The first-order valence-electron chi connectivity index (χ1n) is 9.56. The number of aromatic nitrogens is 1. The number of para-hydroxylation sites is 1. The SMILES string of the molecule is Cn1cc(CCCC(=O)NC2CCCCCCC2)c2ccccc21. The van der Waals surface area contributed by atoms with E-state index in [1.165, 1.54) is 48.6 Å². The van der Waals surface area contributed by atoms with Crippen LogP contribution < -0.4 is 5.32 Å². The maximum Gasteiger partial charge on any atom is 0.220 e. The van der Waals surface area contributed by atoms with Crippen LogP contribution in [0.5, 0.6) is 0 Å². The van der Waals surface area contributed by atoms with Crippen molar-refractivity contribution in [3.05, 3.63) is 36.0 Å². The third-order valence-corrected chi connectivity index (χ3v) is 5.30. The van der Waals surface area contributed by atoms with Gasteiger partial charge in [-0.05, 0) is 37.3 Å². The predicted octanol–water partition coefficient (Wildman–Crippen LogP) is 4.73. The van der Waals surface area contributed by atoms with Crippen LogP contribution in [-0.2, 0) is 18.3 Å². The van der Waals surface area contributed by atoms with Gasteiger partial charge in [-0.15, -0.1) is 0 Å². The van der Waals surface area contributed by atoms with Gasteiger partial charge in [-0.25, -0.2) is 0 Å². The van der Waals surface area contributed by atoms with E-state index in [1.54, 1.807) is 0 Å². The molecular weight excluding hydrogens is 296 g/mol. The van der Waals surface area contributed by atoms with Gasteiger partial charge in [0.2, 0.25) is 5.91 Å². The molecule has 0 spiro atoms. The molecule has 0 aliphatic heterocycles. The van der Waals surface area contributed by atoms with Gasteiger partial charge in [0.15, 0.2) is 0 Å². The number of aryl methyl sites for hydroxylation is 2. The molecule has 3 heteroatoms. The van der Waals surface area contributed by atoms with E-state index >= 15 is 0 Å². The average molecular weight is 326 g/mol. The first kappa shape index (κ1) is 17.1. The molecule has 130 valence electrons. The minimum absolute atomic E-state index is 0.237. The van der Waals surface area contributed by atoms with Crippen molar-refractivity contribution in [3.63, 3.8) is 0 Å². The zero-order valence-corrected chi connectivity index (χ0v) is 14.9. The number of carbonyl (C=O) groups excluding carboxylic acids is 1. The second-order valence-corrected chi connectivity index (χ2v) is 7.25. The van der Waals surface area contributed by atoms with Crippen molar-refractivity contribution < 1.29 is 4.79 Å². The molecule has 1 fully saturated rings. The average Bonchev–Trinajstić information content (AvgIpc) is 2.87. The molecule has 0 radical (unpaired) electrons. The molecule has 24 heavy (non-hydrogen) atoms. The molecule has 1 aliphatic carbocycles. The number of fused-ring (bicyclic) bond motifs is 1. The number of hydrogen-bond acceptors (Lipinski definition) is 1. The summed E-state index contributed by atoms with van der Waals surface area (Å²) in [7, 11) is 2.09. The molecule has 1 aromatic heterocycles. The monoisotopic (exact) mass is 326 g/mol. The summed E-state index contributed by atoms with van der Waals surface area (Å²) < 4.78 is 2.18. The lowest BCUT2D eigenvalue weighted by Gasteiger charge is -2.21. The fourth-order valence-electron chi connectivity index (χ4n) is 3.96. The van der Waals surface area contributed by atoms with Crippen molar-refractivity contribution in [3.8, 4) is 0 Å². The van der Waals surface area contributed by atoms with Crippen LogP contribution >= 0.6 is 0 Å². The third kappa shape index (κ3) is 4.40.